The van der Waals surface area contributed by atoms with Crippen molar-refractivity contribution in [1.82, 2.24) is 9.88 Å². The second-order valence-corrected chi connectivity index (χ2v) is 6.45. The van der Waals surface area contributed by atoms with Gasteiger partial charge in [-0.25, -0.2) is 0 Å². The smallest absolute Gasteiger partial charge is 0.321 e. The van der Waals surface area contributed by atoms with Gasteiger partial charge in [0.25, 0.3) is 11.5 Å². The van der Waals surface area contributed by atoms with Crippen LogP contribution in [0.15, 0.2) is 41.3 Å². The zero-order chi connectivity index (χ0) is 20.2. The number of amides is 1. The SMILES string of the molecule is CC(CNc1ccc(-c2ccn(C)c(=O)c2)cc1C=N)NC(=O)C(C)(F)F. The van der Waals surface area contributed by atoms with Crippen LogP contribution in [0.5, 0.6) is 0 Å². The number of hydrogen-bond acceptors (Lipinski definition) is 4. The van der Waals surface area contributed by atoms with E-state index in [1.54, 1.807) is 44.4 Å². The lowest BCUT2D eigenvalue weighted by Gasteiger charge is -2.19. The predicted octanol–water partition coefficient (Wildman–Crippen LogP) is 2.62. The molecule has 27 heavy (non-hydrogen) atoms. The zero-order valence-corrected chi connectivity index (χ0v) is 15.3. The number of pyridine rings is 1. The van der Waals surface area contributed by atoms with E-state index in [4.69, 9.17) is 5.41 Å². The average Bonchev–Trinajstić information content (AvgIpc) is 2.61. The minimum absolute atomic E-state index is 0.136. The number of alkyl halides is 2. The number of hydrogen-bond donors (Lipinski definition) is 3. The molecule has 1 unspecified atom stereocenters. The fourth-order valence-electron chi connectivity index (χ4n) is 2.42. The van der Waals surface area contributed by atoms with Crippen LogP contribution in [-0.4, -0.2) is 35.2 Å². The number of rotatable bonds is 7. The Morgan fingerprint density at radius 3 is 2.56 bits per heavy atom. The van der Waals surface area contributed by atoms with Gasteiger partial charge in [0, 0.05) is 56.3 Å². The first-order chi connectivity index (χ1) is 12.6. The Hall–Kier alpha value is -3.03. The molecule has 0 fully saturated rings. The monoisotopic (exact) mass is 376 g/mol. The van der Waals surface area contributed by atoms with Gasteiger partial charge in [-0.05, 0) is 36.2 Å². The standard InChI is InChI=1S/C19H22F2N4O2/c1-12(24-18(27)19(2,20)21)11-23-16-5-4-13(8-15(16)10-22)14-6-7-25(3)17(26)9-14/h4-10,12,22-23H,11H2,1-3H3,(H,24,27). The Morgan fingerprint density at radius 2 is 1.96 bits per heavy atom. The van der Waals surface area contributed by atoms with Gasteiger partial charge in [0.05, 0.1) is 0 Å². The summed E-state index contributed by atoms with van der Waals surface area (Å²) >= 11 is 0. The van der Waals surface area contributed by atoms with Crippen LogP contribution >= 0.6 is 0 Å². The third-order valence-electron chi connectivity index (χ3n) is 4.02. The molecule has 0 radical (unpaired) electrons. The number of anilines is 1. The molecular weight excluding hydrogens is 354 g/mol. The molecular formula is C19H22F2N4O2. The van der Waals surface area contributed by atoms with Gasteiger partial charge in [0.15, 0.2) is 0 Å². The number of nitrogens with one attached hydrogen (secondary N) is 3. The number of aromatic nitrogens is 1. The molecule has 1 atom stereocenters. The van der Waals surface area contributed by atoms with Crippen LogP contribution < -0.4 is 16.2 Å². The summed E-state index contributed by atoms with van der Waals surface area (Å²) in [6.07, 6.45) is 2.83. The quantitative estimate of drug-likeness (QED) is 0.649. The first-order valence-electron chi connectivity index (χ1n) is 8.36. The van der Waals surface area contributed by atoms with Crippen LogP contribution in [0.25, 0.3) is 11.1 Å². The summed E-state index contributed by atoms with van der Waals surface area (Å²) in [7, 11) is 1.66. The summed E-state index contributed by atoms with van der Waals surface area (Å²) in [5.74, 6) is -4.76. The lowest BCUT2D eigenvalue weighted by molar-refractivity contribution is -0.143. The summed E-state index contributed by atoms with van der Waals surface area (Å²) in [4.78, 5) is 23.1. The molecule has 1 heterocycles. The van der Waals surface area contributed by atoms with Crippen molar-refractivity contribution in [3.8, 4) is 11.1 Å². The third-order valence-corrected chi connectivity index (χ3v) is 4.02. The molecule has 0 aliphatic rings. The molecule has 144 valence electrons. The molecule has 2 aromatic rings. The van der Waals surface area contributed by atoms with Crippen LogP contribution in [0, 0.1) is 5.41 Å². The second kappa shape index (κ2) is 8.11. The maximum atomic E-state index is 12.9. The fraction of sp³-hybridized carbons (Fsp3) is 0.316. The van der Waals surface area contributed by atoms with Crippen molar-refractivity contribution in [3.05, 3.63) is 52.4 Å². The molecule has 0 saturated carbocycles. The van der Waals surface area contributed by atoms with Crippen LogP contribution in [0.2, 0.25) is 0 Å². The molecule has 0 spiro atoms. The highest BCUT2D eigenvalue weighted by Crippen LogP contribution is 2.23. The third kappa shape index (κ3) is 5.22. The summed E-state index contributed by atoms with van der Waals surface area (Å²) in [5.41, 5.74) is 2.58. The van der Waals surface area contributed by atoms with Crippen LogP contribution in [0.3, 0.4) is 0 Å². The number of nitrogens with zero attached hydrogens (tertiary/aromatic N) is 1. The van der Waals surface area contributed by atoms with E-state index in [2.05, 4.69) is 10.6 Å². The Balaban J connectivity index is 2.12. The van der Waals surface area contributed by atoms with Gasteiger partial charge in [-0.15, -0.1) is 0 Å². The van der Waals surface area contributed by atoms with Crippen molar-refractivity contribution in [1.29, 1.82) is 5.41 Å². The second-order valence-electron chi connectivity index (χ2n) is 6.45. The highest BCUT2D eigenvalue weighted by Gasteiger charge is 2.32. The van der Waals surface area contributed by atoms with Crippen LogP contribution in [0.1, 0.15) is 19.4 Å². The Morgan fingerprint density at radius 1 is 1.30 bits per heavy atom. The zero-order valence-electron chi connectivity index (χ0n) is 15.3. The van der Waals surface area contributed by atoms with Gasteiger partial charge in [-0.2, -0.15) is 8.78 Å². The molecule has 0 saturated heterocycles. The van der Waals surface area contributed by atoms with Crippen molar-refractivity contribution >= 4 is 17.8 Å². The van der Waals surface area contributed by atoms with Crippen molar-refractivity contribution in [2.45, 2.75) is 25.8 Å². The number of halogens is 2. The van der Waals surface area contributed by atoms with Crippen molar-refractivity contribution in [2.24, 2.45) is 7.05 Å². The van der Waals surface area contributed by atoms with E-state index in [-0.39, 0.29) is 12.1 Å². The van der Waals surface area contributed by atoms with E-state index in [0.717, 1.165) is 17.3 Å². The maximum Gasteiger partial charge on any atom is 0.321 e. The summed E-state index contributed by atoms with van der Waals surface area (Å²) < 4.78 is 27.3. The lowest BCUT2D eigenvalue weighted by atomic mass is 10.0. The van der Waals surface area contributed by atoms with E-state index in [0.29, 0.717) is 18.2 Å². The number of carbonyl (C=O) groups is 1. The molecule has 3 N–H and O–H groups in total. The molecule has 1 amide bonds. The Kier molecular flexibility index (Phi) is 6.09. The van der Waals surface area contributed by atoms with E-state index in [9.17, 15) is 18.4 Å². The van der Waals surface area contributed by atoms with Crippen molar-refractivity contribution in [3.63, 3.8) is 0 Å². The van der Waals surface area contributed by atoms with Crippen molar-refractivity contribution < 1.29 is 13.6 Å². The first-order valence-corrected chi connectivity index (χ1v) is 8.36. The molecule has 1 aromatic carbocycles. The van der Waals surface area contributed by atoms with Crippen molar-refractivity contribution in [2.75, 3.05) is 11.9 Å². The fourth-order valence-corrected chi connectivity index (χ4v) is 2.42. The Bertz CT molecular complexity index is 903. The van der Waals surface area contributed by atoms with Crippen LogP contribution in [0.4, 0.5) is 14.5 Å². The van der Waals surface area contributed by atoms with Gasteiger partial charge >= 0.3 is 5.92 Å². The van der Waals surface area contributed by atoms with Gasteiger partial charge < -0.3 is 20.6 Å². The molecule has 0 aliphatic carbocycles. The van der Waals surface area contributed by atoms with E-state index in [1.165, 1.54) is 10.6 Å². The lowest BCUT2D eigenvalue weighted by Crippen LogP contribution is -2.45. The normalized spacial score (nSPS) is 12.3. The number of aryl methyl sites for hydroxylation is 1. The minimum atomic E-state index is -3.43. The molecule has 8 heteroatoms. The summed E-state index contributed by atoms with van der Waals surface area (Å²) in [6.45, 7) is 2.37. The molecule has 6 nitrogen and oxygen atoms in total. The molecule has 2 rings (SSSR count). The van der Waals surface area contributed by atoms with E-state index < -0.39 is 17.9 Å². The van der Waals surface area contributed by atoms with Crippen LogP contribution in [-0.2, 0) is 11.8 Å². The van der Waals surface area contributed by atoms with Gasteiger partial charge in [-0.3, -0.25) is 9.59 Å². The van der Waals surface area contributed by atoms with Gasteiger partial charge in [0.1, 0.15) is 0 Å². The Labute approximate surface area is 155 Å². The molecule has 0 aliphatic heterocycles. The van der Waals surface area contributed by atoms with E-state index >= 15 is 0 Å². The largest absolute Gasteiger partial charge is 0.382 e. The molecule has 1 aromatic heterocycles. The molecule has 0 bridgehead atoms. The summed E-state index contributed by atoms with van der Waals surface area (Å²) in [6, 6.07) is 8.09. The highest BCUT2D eigenvalue weighted by atomic mass is 19.3. The summed E-state index contributed by atoms with van der Waals surface area (Å²) in [5, 5.41) is 12.9. The van der Waals surface area contributed by atoms with Gasteiger partial charge in [-0.1, -0.05) is 6.07 Å². The topological polar surface area (TPSA) is 87.0 Å². The van der Waals surface area contributed by atoms with Gasteiger partial charge in [0.2, 0.25) is 0 Å². The average molecular weight is 376 g/mol. The maximum absolute atomic E-state index is 12.9. The number of carbonyl (C=O) groups excluding carboxylic acids is 1. The predicted molar refractivity (Wildman–Crippen MR) is 102 cm³/mol. The highest BCUT2D eigenvalue weighted by molar-refractivity contribution is 5.88. The minimum Gasteiger partial charge on any atom is -0.382 e. The van der Waals surface area contributed by atoms with E-state index in [1.807, 2.05) is 0 Å². The first kappa shape index (κ1) is 20.3. The number of benzene rings is 1.